The van der Waals surface area contributed by atoms with Crippen LogP contribution in [0.3, 0.4) is 0 Å². The lowest BCUT2D eigenvalue weighted by Crippen LogP contribution is -2.18. The van der Waals surface area contributed by atoms with Gasteiger partial charge in [0.25, 0.3) is 0 Å². The van der Waals surface area contributed by atoms with Crippen LogP contribution < -0.4 is 9.64 Å². The van der Waals surface area contributed by atoms with E-state index in [0.717, 1.165) is 17.0 Å². The second-order valence-corrected chi connectivity index (χ2v) is 5.70. The topological polar surface area (TPSA) is 24.8 Å². The Morgan fingerprint density at radius 2 is 1.91 bits per heavy atom. The van der Waals surface area contributed by atoms with Crippen molar-refractivity contribution in [2.45, 2.75) is 19.8 Å². The number of ether oxygens (including phenoxy) is 1. The summed E-state index contributed by atoms with van der Waals surface area (Å²) in [6.07, 6.45) is 4.52. The molecule has 3 nitrogen and oxygen atoms in total. The highest BCUT2D eigenvalue weighted by Gasteiger charge is 2.13. The highest BCUT2D eigenvalue weighted by molar-refractivity contribution is 5.83. The largest absolute Gasteiger partial charge is 0.497 e. The third-order valence-corrected chi connectivity index (χ3v) is 4.08. The molecule has 3 rings (SSSR count). The SMILES string of the molecule is COc1cccc(N=Cc2ccc(N3CCCC3)c(C)c2)c1. The van der Waals surface area contributed by atoms with E-state index in [9.17, 15) is 0 Å². The Kier molecular flexibility index (Phi) is 4.42. The first-order valence-corrected chi connectivity index (χ1v) is 7.80. The van der Waals surface area contributed by atoms with E-state index < -0.39 is 0 Å². The van der Waals surface area contributed by atoms with E-state index in [0.29, 0.717) is 0 Å². The van der Waals surface area contributed by atoms with Crippen LogP contribution in [-0.2, 0) is 0 Å². The molecule has 114 valence electrons. The molecule has 0 bridgehead atoms. The summed E-state index contributed by atoms with van der Waals surface area (Å²) in [4.78, 5) is 7.01. The zero-order valence-electron chi connectivity index (χ0n) is 13.2. The lowest BCUT2D eigenvalue weighted by Gasteiger charge is -2.20. The average molecular weight is 294 g/mol. The molecule has 1 aliphatic heterocycles. The fraction of sp³-hybridized carbons (Fsp3) is 0.316. The lowest BCUT2D eigenvalue weighted by molar-refractivity contribution is 0.415. The number of rotatable bonds is 4. The predicted molar refractivity (Wildman–Crippen MR) is 92.9 cm³/mol. The fourth-order valence-electron chi connectivity index (χ4n) is 2.91. The van der Waals surface area contributed by atoms with Gasteiger partial charge in [0.1, 0.15) is 5.75 Å². The van der Waals surface area contributed by atoms with Crippen LogP contribution >= 0.6 is 0 Å². The highest BCUT2D eigenvalue weighted by Crippen LogP contribution is 2.25. The molecule has 22 heavy (non-hydrogen) atoms. The molecule has 3 heteroatoms. The van der Waals surface area contributed by atoms with E-state index in [2.05, 4.69) is 35.0 Å². The van der Waals surface area contributed by atoms with Gasteiger partial charge in [-0.2, -0.15) is 0 Å². The van der Waals surface area contributed by atoms with Gasteiger partial charge in [-0.15, -0.1) is 0 Å². The summed E-state index contributed by atoms with van der Waals surface area (Å²) in [7, 11) is 1.67. The van der Waals surface area contributed by atoms with Gasteiger partial charge in [0.05, 0.1) is 12.8 Å². The number of anilines is 1. The summed E-state index contributed by atoms with van der Waals surface area (Å²) in [6.45, 7) is 4.53. The van der Waals surface area contributed by atoms with Crippen molar-refractivity contribution in [2.24, 2.45) is 4.99 Å². The Morgan fingerprint density at radius 3 is 2.64 bits per heavy atom. The summed E-state index contributed by atoms with van der Waals surface area (Å²) < 4.78 is 5.22. The van der Waals surface area contributed by atoms with E-state index in [1.54, 1.807) is 7.11 Å². The van der Waals surface area contributed by atoms with Crippen molar-refractivity contribution >= 4 is 17.6 Å². The minimum atomic E-state index is 0.829. The van der Waals surface area contributed by atoms with E-state index >= 15 is 0 Å². The third-order valence-electron chi connectivity index (χ3n) is 4.08. The number of methoxy groups -OCH3 is 1. The van der Waals surface area contributed by atoms with Gasteiger partial charge in [-0.3, -0.25) is 4.99 Å². The van der Waals surface area contributed by atoms with E-state index in [1.807, 2.05) is 30.5 Å². The number of benzene rings is 2. The van der Waals surface area contributed by atoms with Gasteiger partial charge in [0.15, 0.2) is 0 Å². The van der Waals surface area contributed by atoms with Gasteiger partial charge in [-0.05, 0) is 55.2 Å². The molecule has 0 radical (unpaired) electrons. The second kappa shape index (κ2) is 6.65. The summed E-state index contributed by atoms with van der Waals surface area (Å²) in [6, 6.07) is 14.4. The van der Waals surface area contributed by atoms with Crippen LogP contribution in [0.5, 0.6) is 5.75 Å². The van der Waals surface area contributed by atoms with Gasteiger partial charge in [0, 0.05) is 31.1 Å². The average Bonchev–Trinajstić information content (AvgIpc) is 3.07. The van der Waals surface area contributed by atoms with Crippen LogP contribution in [-0.4, -0.2) is 26.4 Å². The quantitative estimate of drug-likeness (QED) is 0.783. The molecule has 0 amide bonds. The first-order valence-electron chi connectivity index (χ1n) is 7.80. The zero-order valence-corrected chi connectivity index (χ0v) is 13.2. The predicted octanol–water partition coefficient (Wildman–Crippen LogP) is 4.35. The maximum absolute atomic E-state index is 5.22. The molecule has 0 saturated carbocycles. The molecule has 0 N–H and O–H groups in total. The molecular weight excluding hydrogens is 272 g/mol. The second-order valence-electron chi connectivity index (χ2n) is 5.70. The minimum Gasteiger partial charge on any atom is -0.497 e. The first kappa shape index (κ1) is 14.6. The van der Waals surface area contributed by atoms with Crippen molar-refractivity contribution in [3.63, 3.8) is 0 Å². The normalized spacial score (nSPS) is 14.7. The summed E-state index contributed by atoms with van der Waals surface area (Å²) >= 11 is 0. The maximum atomic E-state index is 5.22. The zero-order chi connectivity index (χ0) is 15.4. The molecule has 2 aromatic rings. The number of hydrogen-bond acceptors (Lipinski definition) is 3. The van der Waals surface area contributed by atoms with Crippen molar-refractivity contribution < 1.29 is 4.74 Å². The molecular formula is C19H22N2O. The number of aliphatic imine (C=N–C) groups is 1. The van der Waals surface area contributed by atoms with E-state index in [1.165, 1.54) is 37.2 Å². The molecule has 1 saturated heterocycles. The molecule has 1 heterocycles. The minimum absolute atomic E-state index is 0.829. The molecule has 1 fully saturated rings. The van der Waals surface area contributed by atoms with Crippen LogP contribution in [0.15, 0.2) is 47.5 Å². The molecule has 0 atom stereocenters. The molecule has 0 spiro atoms. The van der Waals surface area contributed by atoms with E-state index in [4.69, 9.17) is 4.74 Å². The van der Waals surface area contributed by atoms with Crippen molar-refractivity contribution in [3.05, 3.63) is 53.6 Å². The van der Waals surface area contributed by atoms with Gasteiger partial charge < -0.3 is 9.64 Å². The van der Waals surface area contributed by atoms with Gasteiger partial charge >= 0.3 is 0 Å². The van der Waals surface area contributed by atoms with Crippen LogP contribution in [0.4, 0.5) is 11.4 Å². The molecule has 0 aromatic heterocycles. The maximum Gasteiger partial charge on any atom is 0.121 e. The van der Waals surface area contributed by atoms with Crippen molar-refractivity contribution in [2.75, 3.05) is 25.1 Å². The van der Waals surface area contributed by atoms with Crippen molar-refractivity contribution in [3.8, 4) is 5.75 Å². The van der Waals surface area contributed by atoms with Gasteiger partial charge in [-0.1, -0.05) is 12.1 Å². The van der Waals surface area contributed by atoms with Gasteiger partial charge in [0.2, 0.25) is 0 Å². The monoisotopic (exact) mass is 294 g/mol. The standard InChI is InChI=1S/C19H22N2O/c1-15-12-16(8-9-19(15)21-10-3-4-11-21)14-20-17-6-5-7-18(13-17)22-2/h5-9,12-14H,3-4,10-11H2,1-2H3. The third kappa shape index (κ3) is 3.30. The first-order chi connectivity index (χ1) is 10.8. The Bertz CT molecular complexity index is 673. The number of aryl methyl sites for hydroxylation is 1. The molecule has 1 aliphatic rings. The van der Waals surface area contributed by atoms with Gasteiger partial charge in [-0.25, -0.2) is 0 Å². The highest BCUT2D eigenvalue weighted by atomic mass is 16.5. The summed E-state index contributed by atoms with van der Waals surface area (Å²) in [5.74, 6) is 0.829. The van der Waals surface area contributed by atoms with E-state index in [-0.39, 0.29) is 0 Å². The fourth-order valence-corrected chi connectivity index (χ4v) is 2.91. The van der Waals surface area contributed by atoms with Crippen LogP contribution in [0.1, 0.15) is 24.0 Å². The van der Waals surface area contributed by atoms with Crippen molar-refractivity contribution in [1.29, 1.82) is 0 Å². The van der Waals surface area contributed by atoms with Crippen LogP contribution in [0.25, 0.3) is 0 Å². The Morgan fingerprint density at radius 1 is 1.09 bits per heavy atom. The van der Waals surface area contributed by atoms with Crippen molar-refractivity contribution in [1.82, 2.24) is 0 Å². The Balaban J connectivity index is 1.77. The smallest absolute Gasteiger partial charge is 0.121 e. The lowest BCUT2D eigenvalue weighted by atomic mass is 10.1. The summed E-state index contributed by atoms with van der Waals surface area (Å²) in [5, 5.41) is 0. The molecule has 2 aromatic carbocycles. The Labute approximate surface area is 132 Å². The van der Waals surface area contributed by atoms with Crippen LogP contribution in [0.2, 0.25) is 0 Å². The summed E-state index contributed by atoms with van der Waals surface area (Å²) in [5.41, 5.74) is 4.71. The number of nitrogens with zero attached hydrogens (tertiary/aromatic N) is 2. The number of hydrogen-bond donors (Lipinski definition) is 0. The molecule has 0 aliphatic carbocycles. The van der Waals surface area contributed by atoms with Crippen LogP contribution in [0, 0.1) is 6.92 Å². The Hall–Kier alpha value is -2.29. The molecule has 0 unspecified atom stereocenters.